The first kappa shape index (κ1) is 13.3. The van der Waals surface area contributed by atoms with Gasteiger partial charge in [0.2, 0.25) is 0 Å². The number of nitrogens with two attached hydrogens (primary N) is 1. The Morgan fingerprint density at radius 1 is 1.56 bits per heavy atom. The van der Waals surface area contributed by atoms with Crippen LogP contribution in [0.15, 0.2) is 24.3 Å². The Morgan fingerprint density at radius 3 is 3.11 bits per heavy atom. The number of ether oxygens (including phenoxy) is 1. The molecule has 0 aliphatic carbocycles. The molecule has 100 valence electrons. The molecule has 0 aromatic heterocycles. The van der Waals surface area contributed by atoms with Crippen LogP contribution in [-0.4, -0.2) is 42.9 Å². The van der Waals surface area contributed by atoms with Gasteiger partial charge in [-0.25, -0.2) is 0 Å². The average Bonchev–Trinajstić information content (AvgIpc) is 2.38. The summed E-state index contributed by atoms with van der Waals surface area (Å²) < 4.78 is 5.98. The summed E-state index contributed by atoms with van der Waals surface area (Å²) in [4.78, 5) is 2.29. The van der Waals surface area contributed by atoms with Gasteiger partial charge in [-0.15, -0.1) is 0 Å². The minimum atomic E-state index is -0.331. The minimum absolute atomic E-state index is 0.0460. The van der Waals surface area contributed by atoms with Crippen LogP contribution in [0.2, 0.25) is 0 Å². The van der Waals surface area contributed by atoms with E-state index in [1.54, 1.807) is 0 Å². The summed E-state index contributed by atoms with van der Waals surface area (Å²) in [7, 11) is 2.12. The molecule has 0 amide bonds. The maximum absolute atomic E-state index is 9.06. The monoisotopic (exact) mass is 250 g/mol. The molecule has 0 bridgehead atoms. The summed E-state index contributed by atoms with van der Waals surface area (Å²) in [5, 5.41) is 9.06. The van der Waals surface area contributed by atoms with Crippen molar-refractivity contribution in [2.45, 2.75) is 25.0 Å². The van der Waals surface area contributed by atoms with Crippen LogP contribution >= 0.6 is 0 Å². The molecule has 1 aliphatic rings. The number of nitrogens with zero attached hydrogens (tertiary/aromatic N) is 1. The zero-order valence-electron chi connectivity index (χ0n) is 10.9. The molecule has 4 nitrogen and oxygen atoms in total. The van der Waals surface area contributed by atoms with E-state index in [0.29, 0.717) is 0 Å². The molecule has 1 aromatic rings. The molecule has 1 aromatic carbocycles. The van der Waals surface area contributed by atoms with Gasteiger partial charge in [0, 0.05) is 6.54 Å². The summed E-state index contributed by atoms with van der Waals surface area (Å²) in [6, 6.07) is 7.38. The van der Waals surface area contributed by atoms with Crippen LogP contribution in [0.25, 0.3) is 0 Å². The maximum atomic E-state index is 9.06. The largest absolute Gasteiger partial charge is 0.489 e. The Bertz CT molecular complexity index is 384. The molecule has 2 unspecified atom stereocenters. The highest BCUT2D eigenvalue weighted by Crippen LogP contribution is 2.21. The van der Waals surface area contributed by atoms with E-state index < -0.39 is 0 Å². The van der Waals surface area contributed by atoms with Gasteiger partial charge in [-0.1, -0.05) is 12.1 Å². The Labute approximate surface area is 108 Å². The lowest BCUT2D eigenvalue weighted by molar-refractivity contribution is 0.104. The third-order valence-corrected chi connectivity index (χ3v) is 3.37. The normalized spacial score (nSPS) is 22.7. The SMILES string of the molecule is CN1CCCC(Oc2cccc(C(N)CO)c2)C1. The van der Waals surface area contributed by atoms with Crippen molar-refractivity contribution in [3.8, 4) is 5.75 Å². The zero-order chi connectivity index (χ0) is 13.0. The highest BCUT2D eigenvalue weighted by atomic mass is 16.5. The van der Waals surface area contributed by atoms with Crippen molar-refractivity contribution in [3.63, 3.8) is 0 Å². The number of hydrogen-bond donors (Lipinski definition) is 2. The molecule has 0 radical (unpaired) electrons. The van der Waals surface area contributed by atoms with Gasteiger partial charge in [-0.3, -0.25) is 0 Å². The van der Waals surface area contributed by atoms with Crippen LogP contribution in [0.1, 0.15) is 24.4 Å². The number of likely N-dealkylation sites (N-methyl/N-ethyl adjacent to an activating group) is 1. The fraction of sp³-hybridized carbons (Fsp3) is 0.571. The molecule has 18 heavy (non-hydrogen) atoms. The first-order valence-corrected chi connectivity index (χ1v) is 6.50. The van der Waals surface area contributed by atoms with E-state index >= 15 is 0 Å². The van der Waals surface area contributed by atoms with Crippen molar-refractivity contribution in [1.29, 1.82) is 0 Å². The van der Waals surface area contributed by atoms with E-state index in [1.165, 1.54) is 6.42 Å². The zero-order valence-corrected chi connectivity index (χ0v) is 10.9. The molecule has 2 rings (SSSR count). The highest BCUT2D eigenvalue weighted by Gasteiger charge is 2.18. The number of benzene rings is 1. The van der Waals surface area contributed by atoms with Gasteiger partial charge in [0.15, 0.2) is 0 Å². The second-order valence-electron chi connectivity index (χ2n) is 5.01. The summed E-state index contributed by atoms with van der Waals surface area (Å²) in [6.07, 6.45) is 2.53. The van der Waals surface area contributed by atoms with Gasteiger partial charge >= 0.3 is 0 Å². The van der Waals surface area contributed by atoms with Crippen molar-refractivity contribution < 1.29 is 9.84 Å². The fourth-order valence-electron chi connectivity index (χ4n) is 2.33. The molecule has 4 heteroatoms. The summed E-state index contributed by atoms with van der Waals surface area (Å²) >= 11 is 0. The maximum Gasteiger partial charge on any atom is 0.120 e. The average molecular weight is 250 g/mol. The third-order valence-electron chi connectivity index (χ3n) is 3.37. The molecule has 0 spiro atoms. The number of piperidine rings is 1. The third kappa shape index (κ3) is 3.45. The fourth-order valence-corrected chi connectivity index (χ4v) is 2.33. The number of hydrogen-bond acceptors (Lipinski definition) is 4. The molecule has 2 atom stereocenters. The van der Waals surface area contributed by atoms with Crippen LogP contribution in [0.5, 0.6) is 5.75 Å². The van der Waals surface area contributed by atoms with E-state index in [-0.39, 0.29) is 18.8 Å². The Morgan fingerprint density at radius 2 is 2.39 bits per heavy atom. The number of likely N-dealkylation sites (tertiary alicyclic amines) is 1. The van der Waals surface area contributed by atoms with Crippen LogP contribution in [0.4, 0.5) is 0 Å². The molecular formula is C14H22N2O2. The van der Waals surface area contributed by atoms with E-state index in [9.17, 15) is 0 Å². The van der Waals surface area contributed by atoms with Gasteiger partial charge in [-0.05, 0) is 44.1 Å². The molecule has 1 aliphatic heterocycles. The van der Waals surface area contributed by atoms with E-state index in [2.05, 4.69) is 11.9 Å². The Balaban J connectivity index is 2.00. The standard InChI is InChI=1S/C14H22N2O2/c1-16-7-3-6-13(9-16)18-12-5-2-4-11(8-12)14(15)10-17/h2,4-5,8,13-14,17H,3,6-7,9-10,15H2,1H3. The highest BCUT2D eigenvalue weighted by molar-refractivity contribution is 5.30. The number of aliphatic hydroxyl groups excluding tert-OH is 1. The van der Waals surface area contributed by atoms with E-state index in [1.807, 2.05) is 24.3 Å². The van der Waals surface area contributed by atoms with Gasteiger partial charge in [0.1, 0.15) is 11.9 Å². The first-order valence-electron chi connectivity index (χ1n) is 6.50. The van der Waals surface area contributed by atoms with E-state index in [0.717, 1.165) is 30.8 Å². The van der Waals surface area contributed by atoms with Crippen molar-refractivity contribution >= 4 is 0 Å². The predicted molar refractivity (Wildman–Crippen MR) is 71.6 cm³/mol. The minimum Gasteiger partial charge on any atom is -0.489 e. The number of aliphatic hydroxyl groups is 1. The predicted octanol–water partition coefficient (Wildman–Crippen LogP) is 1.15. The Kier molecular flexibility index (Phi) is 4.58. The summed E-state index contributed by atoms with van der Waals surface area (Å²) in [6.45, 7) is 2.07. The van der Waals surface area contributed by atoms with Crippen LogP contribution < -0.4 is 10.5 Å². The van der Waals surface area contributed by atoms with Gasteiger partial charge in [-0.2, -0.15) is 0 Å². The van der Waals surface area contributed by atoms with Crippen molar-refractivity contribution in [2.75, 3.05) is 26.7 Å². The van der Waals surface area contributed by atoms with Gasteiger partial charge in [0.25, 0.3) is 0 Å². The topological polar surface area (TPSA) is 58.7 Å². The lowest BCUT2D eigenvalue weighted by atomic mass is 10.1. The lowest BCUT2D eigenvalue weighted by Crippen LogP contribution is -2.38. The summed E-state index contributed by atoms with van der Waals surface area (Å²) in [5.41, 5.74) is 6.72. The van der Waals surface area contributed by atoms with E-state index in [4.69, 9.17) is 15.6 Å². The van der Waals surface area contributed by atoms with Crippen LogP contribution in [0, 0.1) is 0 Å². The van der Waals surface area contributed by atoms with Gasteiger partial charge < -0.3 is 20.5 Å². The number of rotatable bonds is 4. The van der Waals surface area contributed by atoms with Crippen LogP contribution in [-0.2, 0) is 0 Å². The summed E-state index contributed by atoms with van der Waals surface area (Å²) in [5.74, 6) is 0.844. The lowest BCUT2D eigenvalue weighted by Gasteiger charge is -2.30. The molecule has 1 heterocycles. The molecular weight excluding hydrogens is 228 g/mol. The molecule has 1 fully saturated rings. The second-order valence-corrected chi connectivity index (χ2v) is 5.01. The van der Waals surface area contributed by atoms with Gasteiger partial charge in [0.05, 0.1) is 12.6 Å². The molecule has 1 saturated heterocycles. The molecule has 0 saturated carbocycles. The van der Waals surface area contributed by atoms with Crippen molar-refractivity contribution in [3.05, 3.63) is 29.8 Å². The smallest absolute Gasteiger partial charge is 0.120 e. The van der Waals surface area contributed by atoms with Crippen molar-refractivity contribution in [2.24, 2.45) is 5.73 Å². The quantitative estimate of drug-likeness (QED) is 0.841. The second kappa shape index (κ2) is 6.18. The Hall–Kier alpha value is -1.10. The first-order chi connectivity index (χ1) is 8.69. The van der Waals surface area contributed by atoms with Crippen molar-refractivity contribution in [1.82, 2.24) is 4.90 Å². The van der Waals surface area contributed by atoms with Crippen LogP contribution in [0.3, 0.4) is 0 Å². The molecule has 3 N–H and O–H groups in total.